The summed E-state index contributed by atoms with van der Waals surface area (Å²) in [5.41, 5.74) is 9.29. The van der Waals surface area contributed by atoms with Crippen LogP contribution in [0.3, 0.4) is 0 Å². The molecule has 2 aromatic rings. The van der Waals surface area contributed by atoms with E-state index in [9.17, 15) is 0 Å². The number of hydrogen-bond acceptors (Lipinski definition) is 3. The van der Waals surface area contributed by atoms with Crippen molar-refractivity contribution >= 4 is 11.3 Å². The SMILES string of the molecule is Cc1ccc(C)c(OCc2ccc(CN)s2)c1C. The molecule has 2 nitrogen and oxygen atoms in total. The lowest BCUT2D eigenvalue weighted by atomic mass is 10.1. The van der Waals surface area contributed by atoms with Crippen molar-refractivity contribution < 1.29 is 4.74 Å². The van der Waals surface area contributed by atoms with Gasteiger partial charge < -0.3 is 10.5 Å². The molecule has 1 aromatic heterocycles. The molecule has 0 aliphatic carbocycles. The summed E-state index contributed by atoms with van der Waals surface area (Å²) in [5, 5.41) is 0. The summed E-state index contributed by atoms with van der Waals surface area (Å²) in [5.74, 6) is 1.01. The molecule has 3 heteroatoms. The molecule has 96 valence electrons. The zero-order valence-corrected chi connectivity index (χ0v) is 11.9. The molecule has 0 bridgehead atoms. The van der Waals surface area contributed by atoms with Gasteiger partial charge in [0, 0.05) is 16.3 Å². The van der Waals surface area contributed by atoms with Crippen LogP contribution in [0.15, 0.2) is 24.3 Å². The fourth-order valence-electron chi connectivity index (χ4n) is 1.90. The molecule has 0 amide bonds. The Kier molecular flexibility index (Phi) is 4.04. The smallest absolute Gasteiger partial charge is 0.125 e. The first kappa shape index (κ1) is 13.1. The number of nitrogens with two attached hydrogens (primary N) is 1. The fourth-order valence-corrected chi connectivity index (χ4v) is 2.71. The fraction of sp³-hybridized carbons (Fsp3) is 0.333. The van der Waals surface area contributed by atoms with Gasteiger partial charge in [0.05, 0.1) is 0 Å². The van der Waals surface area contributed by atoms with E-state index in [0.717, 1.165) is 5.75 Å². The summed E-state index contributed by atoms with van der Waals surface area (Å²) in [6.07, 6.45) is 0. The predicted molar refractivity (Wildman–Crippen MR) is 77.2 cm³/mol. The largest absolute Gasteiger partial charge is 0.488 e. The van der Waals surface area contributed by atoms with Crippen LogP contribution in [0.5, 0.6) is 5.75 Å². The maximum Gasteiger partial charge on any atom is 0.125 e. The molecule has 0 aliphatic rings. The second-order valence-corrected chi connectivity index (χ2v) is 5.77. The summed E-state index contributed by atoms with van der Waals surface area (Å²) in [7, 11) is 0. The van der Waals surface area contributed by atoms with Crippen molar-refractivity contribution in [2.24, 2.45) is 5.73 Å². The number of aryl methyl sites for hydroxylation is 2. The predicted octanol–water partition coefficient (Wildman–Crippen LogP) is 3.71. The Bertz CT molecular complexity index is 545. The van der Waals surface area contributed by atoms with Crippen LogP contribution in [0.4, 0.5) is 0 Å². The van der Waals surface area contributed by atoms with E-state index in [1.165, 1.54) is 26.4 Å². The quantitative estimate of drug-likeness (QED) is 0.910. The Morgan fingerprint density at radius 3 is 2.33 bits per heavy atom. The minimum absolute atomic E-state index is 0.604. The topological polar surface area (TPSA) is 35.2 Å². The van der Waals surface area contributed by atoms with Gasteiger partial charge in [-0.3, -0.25) is 0 Å². The second kappa shape index (κ2) is 5.55. The van der Waals surface area contributed by atoms with Gasteiger partial charge in [0.1, 0.15) is 12.4 Å². The lowest BCUT2D eigenvalue weighted by Crippen LogP contribution is -1.98. The molecule has 0 radical (unpaired) electrons. The van der Waals surface area contributed by atoms with Crippen molar-refractivity contribution in [2.75, 3.05) is 0 Å². The Balaban J connectivity index is 2.12. The third-order valence-electron chi connectivity index (χ3n) is 3.15. The first-order valence-corrected chi connectivity index (χ1v) is 6.90. The molecule has 2 rings (SSSR count). The maximum atomic E-state index is 5.96. The third-order valence-corrected chi connectivity index (χ3v) is 4.23. The third kappa shape index (κ3) is 2.74. The minimum Gasteiger partial charge on any atom is -0.488 e. The molecule has 18 heavy (non-hydrogen) atoms. The van der Waals surface area contributed by atoms with Gasteiger partial charge >= 0.3 is 0 Å². The zero-order valence-electron chi connectivity index (χ0n) is 11.1. The van der Waals surface area contributed by atoms with Crippen LogP contribution in [0.1, 0.15) is 26.4 Å². The maximum absolute atomic E-state index is 5.96. The summed E-state index contributed by atoms with van der Waals surface area (Å²) in [6.45, 7) is 7.53. The van der Waals surface area contributed by atoms with E-state index in [2.05, 4.69) is 45.0 Å². The van der Waals surface area contributed by atoms with Crippen LogP contribution in [-0.2, 0) is 13.2 Å². The van der Waals surface area contributed by atoms with E-state index >= 15 is 0 Å². The summed E-state index contributed by atoms with van der Waals surface area (Å²) in [4.78, 5) is 2.42. The van der Waals surface area contributed by atoms with Gasteiger partial charge in [0.2, 0.25) is 0 Å². The van der Waals surface area contributed by atoms with Crippen LogP contribution in [0, 0.1) is 20.8 Å². The van der Waals surface area contributed by atoms with Crippen molar-refractivity contribution in [3.8, 4) is 5.75 Å². The van der Waals surface area contributed by atoms with Gasteiger partial charge in [-0.2, -0.15) is 0 Å². The number of hydrogen-bond donors (Lipinski definition) is 1. The first-order valence-electron chi connectivity index (χ1n) is 6.09. The Morgan fingerprint density at radius 1 is 1.00 bits per heavy atom. The highest BCUT2D eigenvalue weighted by atomic mass is 32.1. The highest BCUT2D eigenvalue weighted by Crippen LogP contribution is 2.27. The van der Waals surface area contributed by atoms with Crippen molar-refractivity contribution in [1.29, 1.82) is 0 Å². The molecule has 0 unspecified atom stereocenters. The van der Waals surface area contributed by atoms with Gasteiger partial charge in [-0.25, -0.2) is 0 Å². The highest BCUT2D eigenvalue weighted by Gasteiger charge is 2.07. The van der Waals surface area contributed by atoms with E-state index in [-0.39, 0.29) is 0 Å². The number of benzene rings is 1. The molecule has 0 atom stereocenters. The van der Waals surface area contributed by atoms with E-state index in [1.807, 2.05) is 0 Å². The van der Waals surface area contributed by atoms with E-state index in [0.29, 0.717) is 13.2 Å². The molecule has 0 saturated carbocycles. The zero-order chi connectivity index (χ0) is 13.1. The van der Waals surface area contributed by atoms with Crippen LogP contribution in [0.2, 0.25) is 0 Å². The van der Waals surface area contributed by atoms with E-state index in [4.69, 9.17) is 10.5 Å². The lowest BCUT2D eigenvalue weighted by Gasteiger charge is -2.13. The summed E-state index contributed by atoms with van der Waals surface area (Å²) in [6, 6.07) is 8.40. The van der Waals surface area contributed by atoms with Crippen LogP contribution in [0.25, 0.3) is 0 Å². The lowest BCUT2D eigenvalue weighted by molar-refractivity contribution is 0.305. The van der Waals surface area contributed by atoms with Crippen LogP contribution < -0.4 is 10.5 Å². The minimum atomic E-state index is 0.604. The van der Waals surface area contributed by atoms with Gasteiger partial charge in [-0.05, 0) is 49.6 Å². The number of rotatable bonds is 4. The molecular formula is C15H19NOS. The number of ether oxygens (including phenoxy) is 1. The Morgan fingerprint density at radius 2 is 1.67 bits per heavy atom. The van der Waals surface area contributed by atoms with Crippen molar-refractivity contribution in [2.45, 2.75) is 33.9 Å². The summed E-state index contributed by atoms with van der Waals surface area (Å²) >= 11 is 1.72. The molecular weight excluding hydrogens is 242 g/mol. The average molecular weight is 261 g/mol. The second-order valence-electron chi connectivity index (χ2n) is 4.51. The highest BCUT2D eigenvalue weighted by molar-refractivity contribution is 7.11. The monoisotopic (exact) mass is 261 g/mol. The Hall–Kier alpha value is -1.32. The Labute approximate surface area is 112 Å². The molecule has 0 spiro atoms. The van der Waals surface area contributed by atoms with Crippen molar-refractivity contribution in [1.82, 2.24) is 0 Å². The molecule has 1 heterocycles. The van der Waals surface area contributed by atoms with Crippen molar-refractivity contribution in [3.05, 3.63) is 50.7 Å². The van der Waals surface area contributed by atoms with Crippen LogP contribution >= 0.6 is 11.3 Å². The number of thiophene rings is 1. The molecule has 0 saturated heterocycles. The van der Waals surface area contributed by atoms with Gasteiger partial charge in [0.25, 0.3) is 0 Å². The molecule has 1 aromatic carbocycles. The normalized spacial score (nSPS) is 10.7. The van der Waals surface area contributed by atoms with Gasteiger partial charge in [0.15, 0.2) is 0 Å². The molecule has 0 aliphatic heterocycles. The first-order chi connectivity index (χ1) is 8.61. The average Bonchev–Trinajstić information content (AvgIpc) is 2.82. The van der Waals surface area contributed by atoms with Crippen molar-refractivity contribution in [3.63, 3.8) is 0 Å². The molecule has 2 N–H and O–H groups in total. The van der Waals surface area contributed by atoms with E-state index < -0.39 is 0 Å². The van der Waals surface area contributed by atoms with Crippen LogP contribution in [-0.4, -0.2) is 0 Å². The van der Waals surface area contributed by atoms with E-state index in [1.54, 1.807) is 11.3 Å². The molecule has 0 fully saturated rings. The van der Waals surface area contributed by atoms with Gasteiger partial charge in [-0.1, -0.05) is 12.1 Å². The standard InChI is InChI=1S/C15H19NOS/c1-10-4-5-11(2)15(12(10)3)17-9-14-7-6-13(8-16)18-14/h4-7H,8-9,16H2,1-3H3. The van der Waals surface area contributed by atoms with Gasteiger partial charge in [-0.15, -0.1) is 11.3 Å². The summed E-state index contributed by atoms with van der Waals surface area (Å²) < 4.78 is 5.96.